The van der Waals surface area contributed by atoms with Gasteiger partial charge in [-0.1, -0.05) is 11.6 Å². The van der Waals surface area contributed by atoms with E-state index in [0.29, 0.717) is 42.8 Å². The highest BCUT2D eigenvalue weighted by molar-refractivity contribution is 6.30. The Morgan fingerprint density at radius 3 is 2.71 bits per heavy atom. The average molecular weight is 447 g/mol. The maximum Gasteiger partial charge on any atom is 0.319 e. The number of nitrogens with zero attached hydrogens (tertiary/aromatic N) is 2. The van der Waals surface area contributed by atoms with Crippen molar-refractivity contribution in [2.45, 2.75) is 24.0 Å². The smallest absolute Gasteiger partial charge is 0.319 e. The lowest BCUT2D eigenvalue weighted by Crippen LogP contribution is -2.60. The number of hydrogen-bond donors (Lipinski definition) is 3. The Bertz CT molecular complexity index is 889. The second kappa shape index (κ2) is 9.40. The number of nitrogens with one attached hydrogen (secondary N) is 2. The first-order valence-electron chi connectivity index (χ1n) is 10.3. The summed E-state index contributed by atoms with van der Waals surface area (Å²) >= 11 is 5.91. The number of benzene rings is 1. The lowest BCUT2D eigenvalue weighted by atomic mass is 9.87. The Morgan fingerprint density at radius 1 is 1.32 bits per heavy atom. The third-order valence-electron chi connectivity index (χ3n) is 5.75. The van der Waals surface area contributed by atoms with Crippen molar-refractivity contribution in [1.29, 1.82) is 0 Å². The SMILES string of the molecule is COc1ccc(C2CN(CC3(O)COC3)CCC2NC(=O)Nc2ccc(Cl)cc2)nc1. The van der Waals surface area contributed by atoms with Gasteiger partial charge in [-0.2, -0.15) is 0 Å². The van der Waals surface area contributed by atoms with Crippen molar-refractivity contribution in [3.63, 3.8) is 0 Å². The van der Waals surface area contributed by atoms with Crippen LogP contribution < -0.4 is 15.4 Å². The number of methoxy groups -OCH3 is 1. The molecule has 3 heterocycles. The average Bonchev–Trinajstić information content (AvgIpc) is 2.75. The molecule has 2 aromatic rings. The number of amides is 2. The predicted octanol–water partition coefficient (Wildman–Crippen LogP) is 2.48. The monoisotopic (exact) mass is 446 g/mol. The van der Waals surface area contributed by atoms with Gasteiger partial charge in [-0.15, -0.1) is 0 Å². The van der Waals surface area contributed by atoms with E-state index < -0.39 is 5.60 Å². The first-order chi connectivity index (χ1) is 14.9. The van der Waals surface area contributed by atoms with Crippen LogP contribution in [0, 0.1) is 0 Å². The minimum absolute atomic E-state index is 0.0276. The van der Waals surface area contributed by atoms with Gasteiger partial charge in [-0.3, -0.25) is 9.88 Å². The van der Waals surface area contributed by atoms with E-state index in [9.17, 15) is 9.90 Å². The number of carbonyl (C=O) groups excluding carboxylic acids is 1. The molecule has 2 atom stereocenters. The molecular weight excluding hydrogens is 420 g/mol. The molecule has 8 nitrogen and oxygen atoms in total. The van der Waals surface area contributed by atoms with Crippen molar-refractivity contribution in [3.8, 4) is 5.75 Å². The third-order valence-corrected chi connectivity index (χ3v) is 6.00. The number of rotatable bonds is 6. The minimum atomic E-state index is -0.788. The lowest BCUT2D eigenvalue weighted by Gasteiger charge is -2.44. The molecule has 0 spiro atoms. The van der Waals surface area contributed by atoms with Gasteiger partial charge in [0.25, 0.3) is 0 Å². The van der Waals surface area contributed by atoms with Crippen LogP contribution in [0.3, 0.4) is 0 Å². The molecule has 1 aromatic carbocycles. The van der Waals surface area contributed by atoms with Crippen molar-refractivity contribution < 1.29 is 19.4 Å². The van der Waals surface area contributed by atoms with Crippen molar-refractivity contribution in [1.82, 2.24) is 15.2 Å². The van der Waals surface area contributed by atoms with Gasteiger partial charge < -0.3 is 25.2 Å². The van der Waals surface area contributed by atoms with Crippen LogP contribution >= 0.6 is 11.6 Å². The summed E-state index contributed by atoms with van der Waals surface area (Å²) in [6.45, 7) is 2.71. The van der Waals surface area contributed by atoms with Crippen LogP contribution in [0.4, 0.5) is 10.5 Å². The molecule has 2 saturated heterocycles. The summed E-state index contributed by atoms with van der Waals surface area (Å²) in [6, 6.07) is 10.4. The summed E-state index contributed by atoms with van der Waals surface area (Å²) < 4.78 is 10.4. The highest BCUT2D eigenvalue weighted by Gasteiger charge is 2.41. The first-order valence-corrected chi connectivity index (χ1v) is 10.7. The second-order valence-corrected chi connectivity index (χ2v) is 8.62. The molecule has 3 N–H and O–H groups in total. The standard InChI is InChI=1S/C22H27ClN4O4/c1-30-17-6-7-19(24-10-17)18-11-27(12-22(29)13-31-14-22)9-8-20(18)26-21(28)25-16-4-2-15(23)3-5-16/h2-7,10,18,20,29H,8-9,11-14H2,1H3,(H2,25,26,28). The van der Waals surface area contributed by atoms with Crippen molar-refractivity contribution in [2.24, 2.45) is 0 Å². The summed E-state index contributed by atoms with van der Waals surface area (Å²) in [4.78, 5) is 19.4. The van der Waals surface area contributed by atoms with Gasteiger partial charge in [0.15, 0.2) is 0 Å². The molecule has 1 aromatic heterocycles. The Hall–Kier alpha value is -2.39. The molecule has 31 heavy (non-hydrogen) atoms. The molecule has 0 bridgehead atoms. The molecule has 2 unspecified atom stereocenters. The fourth-order valence-corrected chi connectivity index (χ4v) is 4.21. The van der Waals surface area contributed by atoms with Crippen molar-refractivity contribution in [3.05, 3.63) is 53.3 Å². The number of anilines is 1. The number of piperidine rings is 1. The van der Waals surface area contributed by atoms with Crippen LogP contribution in [-0.4, -0.2) is 72.6 Å². The number of aromatic nitrogens is 1. The normalized spacial score (nSPS) is 22.9. The van der Waals surface area contributed by atoms with Crippen molar-refractivity contribution >= 4 is 23.3 Å². The number of aliphatic hydroxyl groups is 1. The Balaban J connectivity index is 1.45. The fourth-order valence-electron chi connectivity index (χ4n) is 4.08. The number of likely N-dealkylation sites (tertiary alicyclic amines) is 1. The highest BCUT2D eigenvalue weighted by Crippen LogP contribution is 2.29. The van der Waals surface area contributed by atoms with Gasteiger partial charge in [0.2, 0.25) is 0 Å². The largest absolute Gasteiger partial charge is 0.495 e. The maximum absolute atomic E-state index is 12.6. The zero-order valence-electron chi connectivity index (χ0n) is 17.4. The quantitative estimate of drug-likeness (QED) is 0.631. The van der Waals surface area contributed by atoms with E-state index in [2.05, 4.69) is 20.5 Å². The Morgan fingerprint density at radius 2 is 2.10 bits per heavy atom. The first kappa shape index (κ1) is 21.8. The summed E-state index contributed by atoms with van der Waals surface area (Å²) in [5.74, 6) is 0.655. The third kappa shape index (κ3) is 5.46. The number of halogens is 1. The molecule has 0 radical (unpaired) electrons. The van der Waals surface area contributed by atoms with Gasteiger partial charge >= 0.3 is 6.03 Å². The zero-order valence-corrected chi connectivity index (χ0v) is 18.1. The summed E-state index contributed by atoms with van der Waals surface area (Å²) in [5.41, 5.74) is 0.759. The van der Waals surface area contributed by atoms with Crippen LogP contribution in [0.5, 0.6) is 5.75 Å². The van der Waals surface area contributed by atoms with Crippen LogP contribution in [-0.2, 0) is 4.74 Å². The van der Waals surface area contributed by atoms with Gasteiger partial charge in [0.1, 0.15) is 11.4 Å². The number of pyridine rings is 1. The molecule has 2 aliphatic heterocycles. The van der Waals surface area contributed by atoms with E-state index >= 15 is 0 Å². The highest BCUT2D eigenvalue weighted by atomic mass is 35.5. The van der Waals surface area contributed by atoms with E-state index in [4.69, 9.17) is 21.1 Å². The number of hydrogen-bond acceptors (Lipinski definition) is 6. The van der Waals surface area contributed by atoms with Gasteiger partial charge in [0.05, 0.1) is 26.5 Å². The van der Waals surface area contributed by atoms with Gasteiger partial charge in [-0.05, 0) is 42.8 Å². The van der Waals surface area contributed by atoms with Crippen LogP contribution in [0.25, 0.3) is 0 Å². The van der Waals surface area contributed by atoms with Gasteiger partial charge in [-0.25, -0.2) is 4.79 Å². The van der Waals surface area contributed by atoms with Gasteiger partial charge in [0, 0.05) is 48.0 Å². The molecule has 0 saturated carbocycles. The van der Waals surface area contributed by atoms with Crippen LogP contribution in [0.1, 0.15) is 18.0 Å². The molecule has 9 heteroatoms. The molecule has 2 amide bonds. The number of urea groups is 1. The Labute approximate surface area is 186 Å². The maximum atomic E-state index is 12.6. The molecule has 166 valence electrons. The number of carbonyl (C=O) groups is 1. The van der Waals surface area contributed by atoms with Crippen LogP contribution in [0.15, 0.2) is 42.6 Å². The van der Waals surface area contributed by atoms with E-state index in [0.717, 1.165) is 18.7 Å². The Kier molecular flexibility index (Phi) is 6.62. The second-order valence-electron chi connectivity index (χ2n) is 8.18. The minimum Gasteiger partial charge on any atom is -0.495 e. The van der Waals surface area contributed by atoms with Crippen molar-refractivity contribution in [2.75, 3.05) is 45.3 Å². The fraction of sp³-hybridized carbons (Fsp3) is 0.455. The number of ether oxygens (including phenoxy) is 2. The van der Waals surface area contributed by atoms with E-state index in [-0.39, 0.29) is 18.0 Å². The summed E-state index contributed by atoms with van der Waals surface area (Å²) in [6.07, 6.45) is 2.43. The molecule has 2 aliphatic rings. The van der Waals surface area contributed by atoms with E-state index in [1.165, 1.54) is 0 Å². The van der Waals surface area contributed by atoms with E-state index in [1.54, 1.807) is 37.6 Å². The lowest BCUT2D eigenvalue weighted by molar-refractivity contribution is -0.188. The topological polar surface area (TPSA) is 96.0 Å². The molecule has 2 fully saturated rings. The molecule has 4 rings (SSSR count). The van der Waals surface area contributed by atoms with E-state index in [1.807, 2.05) is 12.1 Å². The van der Waals surface area contributed by atoms with Crippen LogP contribution in [0.2, 0.25) is 5.02 Å². The number of β-amino-alcohol motifs (C(OH)–C–C–N with tert-alkyl or cyclic N) is 1. The predicted molar refractivity (Wildman–Crippen MR) is 118 cm³/mol. The zero-order chi connectivity index (χ0) is 21.8. The summed E-state index contributed by atoms with van der Waals surface area (Å²) in [5, 5.41) is 17.1. The summed E-state index contributed by atoms with van der Waals surface area (Å²) in [7, 11) is 1.60. The molecular formula is C22H27ClN4O4. The molecule has 0 aliphatic carbocycles.